The number of hydrogen-bond donors (Lipinski definition) is 1. The molecule has 1 aliphatic carbocycles. The lowest BCUT2D eigenvalue weighted by Crippen LogP contribution is -2.33. The zero-order valence-electron chi connectivity index (χ0n) is 11.0. The van der Waals surface area contributed by atoms with Gasteiger partial charge < -0.3 is 15.2 Å². The first-order valence-corrected chi connectivity index (χ1v) is 6.93. The molecule has 0 amide bonds. The van der Waals surface area contributed by atoms with Gasteiger partial charge in [-0.3, -0.25) is 0 Å². The van der Waals surface area contributed by atoms with Gasteiger partial charge in [-0.25, -0.2) is 0 Å². The Morgan fingerprint density at radius 2 is 2.00 bits per heavy atom. The Balaban J connectivity index is 2.11. The average molecular weight is 247 g/mol. The minimum absolute atomic E-state index is 0.173. The van der Waals surface area contributed by atoms with Crippen molar-refractivity contribution in [2.24, 2.45) is 5.73 Å². The number of ether oxygens (including phenoxy) is 2. The smallest absolute Gasteiger partial charge is 0.231 e. The molecule has 0 atom stereocenters. The van der Waals surface area contributed by atoms with Crippen molar-refractivity contribution < 1.29 is 9.47 Å². The molecule has 0 spiro atoms. The van der Waals surface area contributed by atoms with Crippen molar-refractivity contribution in [3.63, 3.8) is 0 Å². The molecule has 1 aromatic rings. The van der Waals surface area contributed by atoms with Gasteiger partial charge in [0.05, 0.1) is 0 Å². The fraction of sp³-hybridized carbons (Fsp3) is 0.600. The zero-order valence-corrected chi connectivity index (χ0v) is 11.0. The fourth-order valence-electron chi connectivity index (χ4n) is 3.51. The summed E-state index contributed by atoms with van der Waals surface area (Å²) in [5.41, 5.74) is 8.97. The summed E-state index contributed by atoms with van der Waals surface area (Å²) in [7, 11) is 0. The van der Waals surface area contributed by atoms with Gasteiger partial charge in [0.2, 0.25) is 6.79 Å². The predicted molar refractivity (Wildman–Crippen MR) is 71.1 cm³/mol. The highest BCUT2D eigenvalue weighted by Gasteiger charge is 2.37. The minimum atomic E-state index is 0.173. The Kier molecular flexibility index (Phi) is 2.94. The van der Waals surface area contributed by atoms with Crippen LogP contribution in [0.25, 0.3) is 0 Å². The van der Waals surface area contributed by atoms with Gasteiger partial charge in [-0.05, 0) is 30.9 Å². The summed E-state index contributed by atoms with van der Waals surface area (Å²) in [6, 6.07) is 4.26. The van der Waals surface area contributed by atoms with Crippen molar-refractivity contribution in [1.82, 2.24) is 0 Å². The van der Waals surface area contributed by atoms with E-state index < -0.39 is 0 Å². The monoisotopic (exact) mass is 247 g/mol. The van der Waals surface area contributed by atoms with Gasteiger partial charge in [-0.15, -0.1) is 0 Å². The van der Waals surface area contributed by atoms with Gasteiger partial charge in [0.1, 0.15) is 0 Å². The number of nitrogens with two attached hydrogens (primary N) is 1. The van der Waals surface area contributed by atoms with Crippen LogP contribution < -0.4 is 15.2 Å². The third kappa shape index (κ3) is 1.61. The molecule has 98 valence electrons. The van der Waals surface area contributed by atoms with Gasteiger partial charge in [-0.2, -0.15) is 0 Å². The van der Waals surface area contributed by atoms with Gasteiger partial charge in [0, 0.05) is 17.5 Å². The van der Waals surface area contributed by atoms with E-state index in [0.29, 0.717) is 6.79 Å². The molecule has 2 N–H and O–H groups in total. The van der Waals surface area contributed by atoms with E-state index in [1.165, 1.54) is 36.8 Å². The zero-order chi connectivity index (χ0) is 12.6. The average Bonchev–Trinajstić information content (AvgIpc) is 3.06. The van der Waals surface area contributed by atoms with Crippen LogP contribution in [-0.2, 0) is 11.8 Å². The summed E-state index contributed by atoms with van der Waals surface area (Å²) < 4.78 is 11.1. The Labute approximate surface area is 108 Å². The van der Waals surface area contributed by atoms with Crippen LogP contribution in [0.3, 0.4) is 0 Å². The molecule has 1 heterocycles. The molecule has 0 unspecified atom stereocenters. The maximum absolute atomic E-state index is 6.10. The summed E-state index contributed by atoms with van der Waals surface area (Å²) in [6.07, 6.45) is 5.96. The summed E-state index contributed by atoms with van der Waals surface area (Å²) in [5, 5.41) is 0. The Bertz CT molecular complexity index is 450. The second-order valence-electron chi connectivity index (χ2n) is 5.37. The molecule has 18 heavy (non-hydrogen) atoms. The van der Waals surface area contributed by atoms with Crippen LogP contribution in [0.15, 0.2) is 12.1 Å². The highest BCUT2D eigenvalue weighted by Crippen LogP contribution is 2.47. The Hall–Kier alpha value is -1.22. The Morgan fingerprint density at radius 3 is 2.67 bits per heavy atom. The normalized spacial score (nSPS) is 20.3. The summed E-state index contributed by atoms with van der Waals surface area (Å²) in [6.45, 7) is 3.26. The van der Waals surface area contributed by atoms with E-state index in [1.807, 2.05) is 6.07 Å². The standard InChI is InChI=1S/C15H21NO2/c1-2-11-12(15(9-16)7-3-4-8-15)5-6-13-14(11)18-10-17-13/h5-6H,2-4,7-10,16H2,1H3. The molecule has 0 saturated heterocycles. The van der Waals surface area contributed by atoms with E-state index in [1.54, 1.807) is 0 Å². The van der Waals surface area contributed by atoms with E-state index in [0.717, 1.165) is 24.5 Å². The van der Waals surface area contributed by atoms with Gasteiger partial charge in [0.25, 0.3) is 0 Å². The SMILES string of the molecule is CCc1c(C2(CN)CCCC2)ccc2c1OCO2. The molecule has 1 aliphatic heterocycles. The molecule has 3 heteroatoms. The first-order chi connectivity index (χ1) is 8.80. The van der Waals surface area contributed by atoms with Crippen molar-refractivity contribution in [3.05, 3.63) is 23.3 Å². The number of hydrogen-bond acceptors (Lipinski definition) is 3. The van der Waals surface area contributed by atoms with Crippen molar-refractivity contribution in [2.75, 3.05) is 13.3 Å². The van der Waals surface area contributed by atoms with E-state index in [4.69, 9.17) is 15.2 Å². The first kappa shape index (κ1) is 11.8. The third-order valence-corrected chi connectivity index (χ3v) is 4.52. The van der Waals surface area contributed by atoms with E-state index in [-0.39, 0.29) is 5.41 Å². The van der Waals surface area contributed by atoms with E-state index in [2.05, 4.69) is 13.0 Å². The molecule has 3 rings (SSSR count). The Morgan fingerprint density at radius 1 is 1.22 bits per heavy atom. The van der Waals surface area contributed by atoms with Gasteiger partial charge in [0.15, 0.2) is 11.5 Å². The highest BCUT2D eigenvalue weighted by molar-refractivity contribution is 5.54. The predicted octanol–water partition coefficient (Wildman–Crippen LogP) is 2.75. The van der Waals surface area contributed by atoms with Crippen LogP contribution in [0.5, 0.6) is 11.5 Å². The van der Waals surface area contributed by atoms with Crippen LogP contribution in [0, 0.1) is 0 Å². The molecule has 0 aromatic heterocycles. The lowest BCUT2D eigenvalue weighted by molar-refractivity contribution is 0.173. The van der Waals surface area contributed by atoms with Crippen molar-refractivity contribution in [1.29, 1.82) is 0 Å². The minimum Gasteiger partial charge on any atom is -0.454 e. The number of rotatable bonds is 3. The summed E-state index contributed by atoms with van der Waals surface area (Å²) >= 11 is 0. The van der Waals surface area contributed by atoms with Crippen LogP contribution in [0.2, 0.25) is 0 Å². The first-order valence-electron chi connectivity index (χ1n) is 6.93. The topological polar surface area (TPSA) is 44.5 Å². The van der Waals surface area contributed by atoms with Crippen molar-refractivity contribution in [3.8, 4) is 11.5 Å². The van der Waals surface area contributed by atoms with Gasteiger partial charge >= 0.3 is 0 Å². The van der Waals surface area contributed by atoms with Crippen LogP contribution >= 0.6 is 0 Å². The molecule has 2 aliphatic rings. The molecule has 3 nitrogen and oxygen atoms in total. The van der Waals surface area contributed by atoms with Crippen LogP contribution in [0.1, 0.15) is 43.7 Å². The highest BCUT2D eigenvalue weighted by atomic mass is 16.7. The summed E-state index contributed by atoms with van der Waals surface area (Å²) in [5.74, 6) is 1.84. The fourth-order valence-corrected chi connectivity index (χ4v) is 3.51. The number of fused-ring (bicyclic) bond motifs is 1. The molecule has 1 saturated carbocycles. The molecular weight excluding hydrogens is 226 g/mol. The second-order valence-corrected chi connectivity index (χ2v) is 5.37. The largest absolute Gasteiger partial charge is 0.454 e. The lowest BCUT2D eigenvalue weighted by atomic mass is 9.76. The maximum Gasteiger partial charge on any atom is 0.231 e. The van der Waals surface area contributed by atoms with Crippen molar-refractivity contribution in [2.45, 2.75) is 44.4 Å². The second kappa shape index (κ2) is 4.47. The van der Waals surface area contributed by atoms with E-state index in [9.17, 15) is 0 Å². The quantitative estimate of drug-likeness (QED) is 0.893. The maximum atomic E-state index is 6.10. The number of benzene rings is 1. The van der Waals surface area contributed by atoms with Crippen molar-refractivity contribution >= 4 is 0 Å². The third-order valence-electron chi connectivity index (χ3n) is 4.52. The van der Waals surface area contributed by atoms with Crippen LogP contribution in [-0.4, -0.2) is 13.3 Å². The lowest BCUT2D eigenvalue weighted by Gasteiger charge is -2.30. The molecular formula is C15H21NO2. The van der Waals surface area contributed by atoms with Crippen LogP contribution in [0.4, 0.5) is 0 Å². The molecule has 1 fully saturated rings. The summed E-state index contributed by atoms with van der Waals surface area (Å²) in [4.78, 5) is 0. The van der Waals surface area contributed by atoms with E-state index >= 15 is 0 Å². The van der Waals surface area contributed by atoms with Gasteiger partial charge in [-0.1, -0.05) is 25.8 Å². The molecule has 1 aromatic carbocycles. The molecule has 0 bridgehead atoms. The molecule has 0 radical (unpaired) electrons.